The van der Waals surface area contributed by atoms with Gasteiger partial charge >= 0.3 is 0 Å². The number of benzene rings is 2. The summed E-state index contributed by atoms with van der Waals surface area (Å²) in [5.41, 5.74) is 3.43. The Balaban J connectivity index is 1.53. The lowest BCUT2D eigenvalue weighted by molar-refractivity contribution is 0.0358. The fourth-order valence-electron chi connectivity index (χ4n) is 4.09. The Kier molecular flexibility index (Phi) is 8.16. The molecule has 34 heavy (non-hydrogen) atoms. The fraction of sp³-hybridized carbons (Fsp3) is 0.385. The summed E-state index contributed by atoms with van der Waals surface area (Å²) < 4.78 is 11.0. The molecule has 2 N–H and O–H groups in total. The number of hydrogen-bond acceptors (Lipinski definition) is 5. The molecule has 0 saturated carbocycles. The number of nitrogens with one attached hydrogen (secondary N) is 2. The first-order valence-electron chi connectivity index (χ1n) is 11.7. The number of aryl methyl sites for hydroxylation is 1. The second-order valence-corrected chi connectivity index (χ2v) is 8.81. The lowest BCUT2D eigenvalue weighted by Crippen LogP contribution is -2.44. The average Bonchev–Trinajstić information content (AvgIpc) is 2.84. The molecule has 0 radical (unpaired) electrons. The van der Waals surface area contributed by atoms with Gasteiger partial charge in [0, 0.05) is 37.4 Å². The van der Waals surface area contributed by atoms with E-state index in [4.69, 9.17) is 21.7 Å². The molecule has 8 heteroatoms. The van der Waals surface area contributed by atoms with Gasteiger partial charge in [-0.25, -0.2) is 0 Å². The first kappa shape index (κ1) is 24.2. The van der Waals surface area contributed by atoms with Crippen LogP contribution in [0, 0.1) is 6.92 Å². The molecule has 0 unspecified atom stereocenters. The van der Waals surface area contributed by atoms with Crippen LogP contribution in [0.4, 0.5) is 5.69 Å². The maximum absolute atomic E-state index is 12.9. The highest BCUT2D eigenvalue weighted by Gasteiger charge is 2.17. The van der Waals surface area contributed by atoms with E-state index in [-0.39, 0.29) is 5.56 Å². The normalized spacial score (nSPS) is 14.2. The van der Waals surface area contributed by atoms with E-state index in [2.05, 4.69) is 20.1 Å². The van der Waals surface area contributed by atoms with Gasteiger partial charge in [0.05, 0.1) is 31.9 Å². The molecular weight excluding hydrogens is 448 g/mol. The van der Waals surface area contributed by atoms with Crippen LogP contribution in [0.3, 0.4) is 0 Å². The topological polar surface area (TPSA) is 69.8 Å². The van der Waals surface area contributed by atoms with Crippen molar-refractivity contribution in [1.82, 2.24) is 14.8 Å². The molecule has 7 nitrogen and oxygen atoms in total. The van der Waals surface area contributed by atoms with Gasteiger partial charge < -0.3 is 24.7 Å². The third kappa shape index (κ3) is 6.14. The Hall–Kier alpha value is -2.94. The predicted octanol–water partition coefficient (Wildman–Crippen LogP) is 3.77. The minimum atomic E-state index is -0.0814. The molecule has 1 aromatic heterocycles. The molecule has 0 spiro atoms. The Morgan fingerprint density at radius 1 is 1.21 bits per heavy atom. The van der Waals surface area contributed by atoms with Gasteiger partial charge in [0.2, 0.25) is 0 Å². The molecule has 180 valence electrons. The number of nitrogens with zero attached hydrogens (tertiary/aromatic N) is 2. The Morgan fingerprint density at radius 2 is 1.97 bits per heavy atom. The number of morpholine rings is 1. The first-order chi connectivity index (χ1) is 16.5. The van der Waals surface area contributed by atoms with Gasteiger partial charge in [0.1, 0.15) is 5.75 Å². The van der Waals surface area contributed by atoms with Gasteiger partial charge in [-0.15, -0.1) is 0 Å². The molecule has 0 atom stereocenters. The molecule has 1 saturated heterocycles. The summed E-state index contributed by atoms with van der Waals surface area (Å²) in [6.45, 7) is 9.87. The highest BCUT2D eigenvalue weighted by Crippen LogP contribution is 2.18. The van der Waals surface area contributed by atoms with Crippen LogP contribution >= 0.6 is 12.2 Å². The summed E-state index contributed by atoms with van der Waals surface area (Å²) in [5.74, 6) is 0.820. The van der Waals surface area contributed by atoms with Crippen LogP contribution in [0.5, 0.6) is 5.75 Å². The molecule has 3 aromatic rings. The number of aromatic amines is 1. The molecule has 0 bridgehead atoms. The van der Waals surface area contributed by atoms with Crippen molar-refractivity contribution in [3.63, 3.8) is 0 Å². The van der Waals surface area contributed by atoms with E-state index in [1.54, 1.807) is 0 Å². The SMILES string of the molecule is CCOc1ccc(NC(=S)N(CCN2CCOCC2)Cc2cc3cccc(C)c3[nH]c2=O)cc1. The van der Waals surface area contributed by atoms with E-state index in [1.807, 2.05) is 62.4 Å². The second kappa shape index (κ2) is 11.5. The largest absolute Gasteiger partial charge is 0.494 e. The molecule has 2 aromatic carbocycles. The van der Waals surface area contributed by atoms with Gasteiger partial charge in [-0.3, -0.25) is 9.69 Å². The van der Waals surface area contributed by atoms with Crippen molar-refractivity contribution in [3.8, 4) is 5.75 Å². The van der Waals surface area contributed by atoms with Crippen molar-refractivity contribution in [2.24, 2.45) is 0 Å². The van der Waals surface area contributed by atoms with E-state index in [0.717, 1.165) is 60.8 Å². The van der Waals surface area contributed by atoms with E-state index in [1.165, 1.54) is 0 Å². The zero-order valence-electron chi connectivity index (χ0n) is 19.8. The standard InChI is InChI=1S/C26H32N4O3S/c1-3-33-23-9-7-22(8-10-23)27-26(34)30(12-11-29-13-15-32-16-14-29)18-21-17-20-6-4-5-19(2)24(20)28-25(21)31/h4-10,17H,3,11-16,18H2,1-2H3,(H,27,34)(H,28,31). The Morgan fingerprint density at radius 3 is 2.71 bits per heavy atom. The molecule has 1 aliphatic heterocycles. The Bertz CT molecular complexity index is 1170. The smallest absolute Gasteiger partial charge is 0.253 e. The maximum atomic E-state index is 12.9. The number of ether oxygens (including phenoxy) is 2. The number of fused-ring (bicyclic) bond motifs is 1. The summed E-state index contributed by atoms with van der Waals surface area (Å²) in [6, 6.07) is 15.7. The highest BCUT2D eigenvalue weighted by molar-refractivity contribution is 7.80. The summed E-state index contributed by atoms with van der Waals surface area (Å²) >= 11 is 5.80. The molecule has 1 aliphatic rings. The van der Waals surface area contributed by atoms with Gasteiger partial charge in [-0.2, -0.15) is 0 Å². The summed E-state index contributed by atoms with van der Waals surface area (Å²) in [4.78, 5) is 20.4. The van der Waals surface area contributed by atoms with Crippen molar-refractivity contribution < 1.29 is 9.47 Å². The number of H-pyrrole nitrogens is 1. The molecular formula is C26H32N4O3S. The zero-order chi connectivity index (χ0) is 23.9. The molecule has 0 aliphatic carbocycles. The number of pyridine rings is 1. The molecule has 2 heterocycles. The van der Waals surface area contributed by atoms with Crippen molar-refractivity contribution in [2.45, 2.75) is 20.4 Å². The van der Waals surface area contributed by atoms with E-state index >= 15 is 0 Å². The lowest BCUT2D eigenvalue weighted by atomic mass is 10.1. The monoisotopic (exact) mass is 480 g/mol. The summed E-state index contributed by atoms with van der Waals surface area (Å²) in [6.07, 6.45) is 0. The fourth-order valence-corrected chi connectivity index (χ4v) is 4.37. The summed E-state index contributed by atoms with van der Waals surface area (Å²) in [5, 5.41) is 4.94. The van der Waals surface area contributed by atoms with Crippen molar-refractivity contribution in [1.29, 1.82) is 0 Å². The van der Waals surface area contributed by atoms with Crippen LogP contribution in [-0.4, -0.2) is 65.9 Å². The van der Waals surface area contributed by atoms with Crippen molar-refractivity contribution >= 4 is 33.9 Å². The third-order valence-electron chi connectivity index (χ3n) is 6.02. The number of rotatable bonds is 8. The first-order valence-corrected chi connectivity index (χ1v) is 12.1. The van der Waals surface area contributed by atoms with Crippen LogP contribution in [0.1, 0.15) is 18.1 Å². The van der Waals surface area contributed by atoms with Crippen LogP contribution in [0.2, 0.25) is 0 Å². The lowest BCUT2D eigenvalue weighted by Gasteiger charge is -2.31. The maximum Gasteiger partial charge on any atom is 0.253 e. The minimum Gasteiger partial charge on any atom is -0.494 e. The molecule has 0 amide bonds. The zero-order valence-corrected chi connectivity index (χ0v) is 20.6. The predicted molar refractivity (Wildman–Crippen MR) is 141 cm³/mol. The van der Waals surface area contributed by atoms with Crippen LogP contribution in [0.15, 0.2) is 53.3 Å². The van der Waals surface area contributed by atoms with Gasteiger partial charge in [-0.05, 0) is 67.3 Å². The van der Waals surface area contributed by atoms with Crippen LogP contribution in [-0.2, 0) is 11.3 Å². The third-order valence-corrected chi connectivity index (χ3v) is 6.38. The van der Waals surface area contributed by atoms with Crippen molar-refractivity contribution in [2.75, 3.05) is 51.3 Å². The van der Waals surface area contributed by atoms with E-state index in [9.17, 15) is 4.79 Å². The highest BCUT2D eigenvalue weighted by atomic mass is 32.1. The molecule has 1 fully saturated rings. The number of aromatic nitrogens is 1. The number of anilines is 1. The van der Waals surface area contributed by atoms with Crippen molar-refractivity contribution in [3.05, 3.63) is 70.0 Å². The van der Waals surface area contributed by atoms with E-state index < -0.39 is 0 Å². The minimum absolute atomic E-state index is 0.0814. The number of para-hydroxylation sites is 1. The molecule has 4 rings (SSSR count). The van der Waals surface area contributed by atoms with Crippen LogP contribution < -0.4 is 15.6 Å². The van der Waals surface area contributed by atoms with Gasteiger partial charge in [-0.1, -0.05) is 18.2 Å². The Labute approximate surface area is 205 Å². The summed E-state index contributed by atoms with van der Waals surface area (Å²) in [7, 11) is 0. The quantitative estimate of drug-likeness (QED) is 0.476. The van der Waals surface area contributed by atoms with Gasteiger partial charge in [0.15, 0.2) is 5.11 Å². The number of hydrogen-bond donors (Lipinski definition) is 2. The van der Waals surface area contributed by atoms with Gasteiger partial charge in [0.25, 0.3) is 5.56 Å². The second-order valence-electron chi connectivity index (χ2n) is 8.43. The van der Waals surface area contributed by atoms with Crippen LogP contribution in [0.25, 0.3) is 10.9 Å². The van der Waals surface area contributed by atoms with E-state index in [0.29, 0.717) is 30.4 Å². The number of thiocarbonyl (C=S) groups is 1. The average molecular weight is 481 g/mol.